The van der Waals surface area contributed by atoms with Crippen LogP contribution in [0.1, 0.15) is 51.9 Å². The Kier molecular flexibility index (Phi) is 6.70. The average molecular weight is 409 g/mol. The first kappa shape index (κ1) is 20.6. The van der Waals surface area contributed by atoms with Crippen LogP contribution in [-0.4, -0.2) is 80.5 Å². The average Bonchev–Trinajstić information content (AvgIpc) is 3.39. The van der Waals surface area contributed by atoms with Crippen molar-refractivity contribution < 1.29 is 9.47 Å². The summed E-state index contributed by atoms with van der Waals surface area (Å²) in [6.45, 7) is 6.78. The Morgan fingerprint density at radius 2 is 1.72 bits per heavy atom. The fraction of sp³-hybridized carbons (Fsp3) is 1.00. The van der Waals surface area contributed by atoms with Gasteiger partial charge in [0.15, 0.2) is 6.35 Å². The zero-order chi connectivity index (χ0) is 19.6. The lowest BCUT2D eigenvalue weighted by Crippen LogP contribution is -2.68. The van der Waals surface area contributed by atoms with E-state index in [1.807, 2.05) is 0 Å². The van der Waals surface area contributed by atoms with E-state index in [0.29, 0.717) is 55.5 Å². The lowest BCUT2D eigenvalue weighted by atomic mass is 9.76. The highest BCUT2D eigenvalue weighted by Crippen LogP contribution is 2.34. The summed E-state index contributed by atoms with van der Waals surface area (Å²) in [5.41, 5.74) is 7.32. The Morgan fingerprint density at radius 3 is 2.62 bits per heavy atom. The lowest BCUT2D eigenvalue weighted by Gasteiger charge is -2.45. The molecular formula is C21H40N6O2. The molecule has 4 saturated heterocycles. The summed E-state index contributed by atoms with van der Waals surface area (Å²) in [7, 11) is 0. The van der Waals surface area contributed by atoms with Crippen molar-refractivity contribution in [3.63, 3.8) is 0 Å². The fourth-order valence-electron chi connectivity index (χ4n) is 6.16. The van der Waals surface area contributed by atoms with E-state index in [4.69, 9.17) is 9.47 Å². The molecule has 5 rings (SSSR count). The molecule has 4 aliphatic heterocycles. The van der Waals surface area contributed by atoms with Crippen molar-refractivity contribution in [2.75, 3.05) is 32.9 Å². The molecule has 166 valence electrons. The highest BCUT2D eigenvalue weighted by molar-refractivity contribution is 5.04. The Balaban J connectivity index is 1.33. The van der Waals surface area contributed by atoms with Gasteiger partial charge in [-0.1, -0.05) is 0 Å². The molecule has 0 amide bonds. The van der Waals surface area contributed by atoms with Crippen molar-refractivity contribution in [2.24, 2.45) is 5.92 Å². The minimum Gasteiger partial charge on any atom is -0.379 e. The van der Waals surface area contributed by atoms with Crippen molar-refractivity contribution in [2.45, 2.75) is 94.6 Å². The van der Waals surface area contributed by atoms with Crippen LogP contribution < -0.4 is 26.8 Å². The van der Waals surface area contributed by atoms with Gasteiger partial charge in [-0.3, -0.25) is 26.4 Å². The molecule has 0 spiro atoms. The van der Waals surface area contributed by atoms with Gasteiger partial charge in [0.1, 0.15) is 0 Å². The van der Waals surface area contributed by atoms with Gasteiger partial charge in [-0.15, -0.1) is 0 Å². The van der Waals surface area contributed by atoms with Gasteiger partial charge in [0.2, 0.25) is 0 Å². The number of hydrogen-bond donors (Lipinski definition) is 5. The molecule has 0 radical (unpaired) electrons. The third-order valence-electron chi connectivity index (χ3n) is 7.73. The summed E-state index contributed by atoms with van der Waals surface area (Å²) >= 11 is 0. The Labute approximate surface area is 175 Å². The Bertz CT molecular complexity index is 533. The molecule has 4 heterocycles. The predicted molar refractivity (Wildman–Crippen MR) is 112 cm³/mol. The maximum atomic E-state index is 6.18. The van der Waals surface area contributed by atoms with Crippen LogP contribution in [0.3, 0.4) is 0 Å². The summed E-state index contributed by atoms with van der Waals surface area (Å²) in [5.74, 6) is 0.658. The summed E-state index contributed by atoms with van der Waals surface area (Å²) < 4.78 is 12.0. The van der Waals surface area contributed by atoms with E-state index in [0.717, 1.165) is 19.4 Å². The normalized spacial score (nSPS) is 47.5. The van der Waals surface area contributed by atoms with Gasteiger partial charge in [-0.05, 0) is 70.9 Å². The first-order valence-electron chi connectivity index (χ1n) is 12.0. The Morgan fingerprint density at radius 1 is 0.828 bits per heavy atom. The van der Waals surface area contributed by atoms with E-state index in [1.165, 1.54) is 45.2 Å². The van der Waals surface area contributed by atoms with E-state index in [9.17, 15) is 0 Å². The molecule has 5 fully saturated rings. The van der Waals surface area contributed by atoms with Crippen molar-refractivity contribution in [1.82, 2.24) is 31.7 Å². The molecule has 4 bridgehead atoms. The molecule has 8 heteroatoms. The smallest absolute Gasteiger partial charge is 0.165 e. The molecule has 8 atom stereocenters. The summed E-state index contributed by atoms with van der Waals surface area (Å²) in [5, 5.41) is 11.4. The van der Waals surface area contributed by atoms with E-state index in [-0.39, 0.29) is 6.35 Å². The second kappa shape index (κ2) is 9.44. The molecule has 0 aromatic rings. The number of nitrogens with zero attached hydrogens (tertiary/aromatic N) is 1. The first-order valence-corrected chi connectivity index (χ1v) is 12.0. The molecule has 8 nitrogen and oxygen atoms in total. The van der Waals surface area contributed by atoms with Crippen LogP contribution in [-0.2, 0) is 9.47 Å². The number of ether oxygens (including phenoxy) is 2. The number of likely N-dealkylation sites (tertiary alicyclic amines) is 1. The zero-order valence-corrected chi connectivity index (χ0v) is 17.9. The van der Waals surface area contributed by atoms with Gasteiger partial charge >= 0.3 is 0 Å². The molecular weight excluding hydrogens is 368 g/mol. The van der Waals surface area contributed by atoms with E-state index < -0.39 is 0 Å². The van der Waals surface area contributed by atoms with E-state index in [1.54, 1.807) is 0 Å². The Hall–Kier alpha value is -0.320. The summed E-state index contributed by atoms with van der Waals surface area (Å²) in [6, 6.07) is 2.55. The molecule has 5 aliphatic rings. The SMILES string of the molecule is C[C@H]1CCOCCOC2NC(CC(N3CCCC3)N2)C2NNC3CCC(CC32)N1. The minimum absolute atomic E-state index is 0.106. The molecule has 1 saturated carbocycles. The summed E-state index contributed by atoms with van der Waals surface area (Å²) in [6.07, 6.45) is 8.84. The summed E-state index contributed by atoms with van der Waals surface area (Å²) in [4.78, 5) is 2.61. The maximum Gasteiger partial charge on any atom is 0.165 e. The maximum absolute atomic E-state index is 6.18. The van der Waals surface area contributed by atoms with Crippen molar-refractivity contribution in [1.29, 1.82) is 0 Å². The van der Waals surface area contributed by atoms with Gasteiger partial charge in [0, 0.05) is 36.8 Å². The van der Waals surface area contributed by atoms with Crippen LogP contribution in [0.25, 0.3) is 0 Å². The van der Waals surface area contributed by atoms with Crippen LogP contribution in [0.5, 0.6) is 0 Å². The van der Waals surface area contributed by atoms with Crippen molar-refractivity contribution >= 4 is 0 Å². The second-order valence-electron chi connectivity index (χ2n) is 9.75. The third kappa shape index (κ3) is 4.80. The highest BCUT2D eigenvalue weighted by atomic mass is 16.5. The zero-order valence-electron chi connectivity index (χ0n) is 17.9. The van der Waals surface area contributed by atoms with Crippen LogP contribution in [0.4, 0.5) is 0 Å². The van der Waals surface area contributed by atoms with Gasteiger partial charge < -0.3 is 14.8 Å². The van der Waals surface area contributed by atoms with Crippen LogP contribution >= 0.6 is 0 Å². The topological polar surface area (TPSA) is 81.9 Å². The van der Waals surface area contributed by atoms with Crippen LogP contribution in [0, 0.1) is 5.92 Å². The van der Waals surface area contributed by atoms with Gasteiger partial charge in [-0.25, -0.2) is 0 Å². The molecule has 7 unspecified atom stereocenters. The third-order valence-corrected chi connectivity index (χ3v) is 7.73. The standard InChI is InChI=1S/C21H40N6O2/c1-14-6-9-28-10-11-29-21-23-18(13-19(24-21)27-7-2-3-8-27)20-16-12-15(22-14)4-5-17(16)25-26-20/h14-26H,2-13H2,1H3/t14-,15?,16?,17?,18?,19?,20?,21?/m0/s1. The monoisotopic (exact) mass is 408 g/mol. The van der Waals surface area contributed by atoms with Gasteiger partial charge in [-0.2, -0.15) is 0 Å². The largest absolute Gasteiger partial charge is 0.379 e. The number of rotatable bonds is 1. The van der Waals surface area contributed by atoms with Crippen LogP contribution in [0.15, 0.2) is 0 Å². The number of hydrazine groups is 1. The fourth-order valence-corrected chi connectivity index (χ4v) is 6.16. The molecule has 29 heavy (non-hydrogen) atoms. The van der Waals surface area contributed by atoms with Gasteiger partial charge in [0.05, 0.1) is 19.4 Å². The van der Waals surface area contributed by atoms with Crippen molar-refractivity contribution in [3.05, 3.63) is 0 Å². The molecule has 1 aliphatic carbocycles. The van der Waals surface area contributed by atoms with Gasteiger partial charge in [0.25, 0.3) is 0 Å². The predicted octanol–water partition coefficient (Wildman–Crippen LogP) is 0.0721. The lowest BCUT2D eigenvalue weighted by molar-refractivity contribution is -0.0734. The van der Waals surface area contributed by atoms with E-state index >= 15 is 0 Å². The number of nitrogens with one attached hydrogen (secondary N) is 5. The highest BCUT2D eigenvalue weighted by Gasteiger charge is 2.46. The van der Waals surface area contributed by atoms with Crippen LogP contribution in [0.2, 0.25) is 0 Å². The number of hydrogen-bond acceptors (Lipinski definition) is 8. The molecule has 5 N–H and O–H groups in total. The quantitative estimate of drug-likeness (QED) is 0.417. The molecule has 0 aromatic heterocycles. The van der Waals surface area contributed by atoms with Crippen molar-refractivity contribution in [3.8, 4) is 0 Å². The number of fused-ring (bicyclic) bond motifs is 4. The molecule has 0 aromatic carbocycles. The first-order chi connectivity index (χ1) is 14.3. The minimum atomic E-state index is -0.106. The second-order valence-corrected chi connectivity index (χ2v) is 9.75. The van der Waals surface area contributed by atoms with E-state index in [2.05, 4.69) is 38.6 Å².